The molecule has 124 valence electrons. The van der Waals surface area contributed by atoms with E-state index in [2.05, 4.69) is 0 Å². The first kappa shape index (κ1) is 16.1. The van der Waals surface area contributed by atoms with Crippen LogP contribution in [-0.4, -0.2) is 54.9 Å². The number of hydrogen-bond acceptors (Lipinski definition) is 3. The fourth-order valence-corrected chi connectivity index (χ4v) is 3.22. The Morgan fingerprint density at radius 2 is 1.78 bits per heavy atom. The third kappa shape index (κ3) is 3.29. The summed E-state index contributed by atoms with van der Waals surface area (Å²) in [6, 6.07) is 5.02. The molecule has 3 rings (SSSR count). The second kappa shape index (κ2) is 6.79. The molecule has 1 aromatic rings. The lowest BCUT2D eigenvalue weighted by Gasteiger charge is -2.38. The minimum atomic E-state index is -0.0748. The zero-order chi connectivity index (χ0) is 16.4. The van der Waals surface area contributed by atoms with Crippen molar-refractivity contribution in [3.05, 3.63) is 28.8 Å². The number of ether oxygens (including phenoxy) is 1. The van der Waals surface area contributed by atoms with Crippen LogP contribution in [0.2, 0.25) is 5.02 Å². The van der Waals surface area contributed by atoms with Gasteiger partial charge in [0.2, 0.25) is 5.91 Å². The highest BCUT2D eigenvalue weighted by atomic mass is 35.5. The van der Waals surface area contributed by atoms with Crippen molar-refractivity contribution < 1.29 is 14.3 Å². The summed E-state index contributed by atoms with van der Waals surface area (Å²) in [7, 11) is 1.53. The van der Waals surface area contributed by atoms with Crippen LogP contribution in [0.5, 0.6) is 5.75 Å². The number of carbonyl (C=O) groups excluding carboxylic acids is 2. The summed E-state index contributed by atoms with van der Waals surface area (Å²) in [4.78, 5) is 28.6. The van der Waals surface area contributed by atoms with Gasteiger partial charge in [0.15, 0.2) is 0 Å². The summed E-state index contributed by atoms with van der Waals surface area (Å²) in [6.45, 7) is 2.33. The highest BCUT2D eigenvalue weighted by Crippen LogP contribution is 2.29. The van der Waals surface area contributed by atoms with Crippen molar-refractivity contribution in [2.24, 2.45) is 5.92 Å². The summed E-state index contributed by atoms with van der Waals surface area (Å²) in [5.41, 5.74) is 0.510. The molecule has 0 bridgehead atoms. The van der Waals surface area contributed by atoms with Crippen LogP contribution in [-0.2, 0) is 4.79 Å². The maximum absolute atomic E-state index is 12.7. The van der Waals surface area contributed by atoms with Gasteiger partial charge in [0.25, 0.3) is 5.91 Å². The molecule has 0 spiro atoms. The minimum Gasteiger partial charge on any atom is -0.496 e. The molecule has 1 aliphatic carbocycles. The predicted molar refractivity (Wildman–Crippen MR) is 87.8 cm³/mol. The molecule has 0 atom stereocenters. The summed E-state index contributed by atoms with van der Waals surface area (Å²) >= 11 is 5.94. The lowest BCUT2D eigenvalue weighted by atomic mass is 9.84. The Morgan fingerprint density at radius 3 is 2.35 bits per heavy atom. The van der Waals surface area contributed by atoms with Gasteiger partial charge in [-0.2, -0.15) is 0 Å². The van der Waals surface area contributed by atoms with Crippen molar-refractivity contribution in [1.82, 2.24) is 9.80 Å². The largest absolute Gasteiger partial charge is 0.496 e. The van der Waals surface area contributed by atoms with E-state index in [1.807, 2.05) is 4.90 Å². The second-order valence-electron chi connectivity index (χ2n) is 6.09. The molecule has 2 fully saturated rings. The molecule has 1 heterocycles. The molecule has 2 aliphatic rings. The van der Waals surface area contributed by atoms with Gasteiger partial charge in [-0.05, 0) is 31.0 Å². The lowest BCUT2D eigenvalue weighted by molar-refractivity contribution is -0.139. The van der Waals surface area contributed by atoms with E-state index >= 15 is 0 Å². The second-order valence-corrected chi connectivity index (χ2v) is 6.53. The minimum absolute atomic E-state index is 0.0748. The predicted octanol–water partition coefficient (Wildman–Crippen LogP) is 2.43. The zero-order valence-corrected chi connectivity index (χ0v) is 14.0. The molecule has 0 N–H and O–H groups in total. The molecular weight excluding hydrogens is 316 g/mol. The molecule has 1 aliphatic heterocycles. The Morgan fingerprint density at radius 1 is 1.13 bits per heavy atom. The number of benzene rings is 1. The van der Waals surface area contributed by atoms with E-state index in [1.165, 1.54) is 7.11 Å². The van der Waals surface area contributed by atoms with Crippen LogP contribution in [0.1, 0.15) is 29.6 Å². The third-order valence-electron chi connectivity index (χ3n) is 4.73. The van der Waals surface area contributed by atoms with E-state index in [9.17, 15) is 9.59 Å². The third-order valence-corrected chi connectivity index (χ3v) is 4.96. The summed E-state index contributed by atoms with van der Waals surface area (Å²) in [6.07, 6.45) is 3.19. The van der Waals surface area contributed by atoms with Gasteiger partial charge < -0.3 is 14.5 Å². The first-order valence-electron chi connectivity index (χ1n) is 8.01. The number of methoxy groups -OCH3 is 1. The first-order chi connectivity index (χ1) is 11.1. The van der Waals surface area contributed by atoms with Crippen molar-refractivity contribution in [3.8, 4) is 5.75 Å². The van der Waals surface area contributed by atoms with Crippen LogP contribution in [0.25, 0.3) is 0 Å². The molecule has 0 aromatic heterocycles. The van der Waals surface area contributed by atoms with Crippen LogP contribution in [0.15, 0.2) is 18.2 Å². The van der Waals surface area contributed by atoms with E-state index in [-0.39, 0.29) is 17.7 Å². The summed E-state index contributed by atoms with van der Waals surface area (Å²) in [5, 5.41) is 0.536. The van der Waals surface area contributed by atoms with Gasteiger partial charge in [-0.1, -0.05) is 18.0 Å². The van der Waals surface area contributed by atoms with Crippen molar-refractivity contribution in [3.63, 3.8) is 0 Å². The van der Waals surface area contributed by atoms with Crippen LogP contribution in [0.4, 0.5) is 0 Å². The highest BCUT2D eigenvalue weighted by molar-refractivity contribution is 6.30. The molecule has 0 unspecified atom stereocenters. The Labute approximate surface area is 141 Å². The molecular formula is C17H21ClN2O3. The van der Waals surface area contributed by atoms with Crippen LogP contribution < -0.4 is 4.74 Å². The fraction of sp³-hybridized carbons (Fsp3) is 0.529. The monoisotopic (exact) mass is 336 g/mol. The van der Waals surface area contributed by atoms with Gasteiger partial charge in [0.05, 0.1) is 12.7 Å². The van der Waals surface area contributed by atoms with Crippen LogP contribution >= 0.6 is 11.6 Å². The maximum atomic E-state index is 12.7. The standard InChI is InChI=1S/C17H21ClN2O3/c1-23-15-11-13(18)5-6-14(15)17(22)20-9-7-19(8-10-20)16(21)12-3-2-4-12/h5-6,11-12H,2-4,7-10H2,1H3. The van der Waals surface area contributed by atoms with Crippen molar-refractivity contribution in [2.45, 2.75) is 19.3 Å². The molecule has 0 radical (unpaired) electrons. The van der Waals surface area contributed by atoms with Crippen LogP contribution in [0, 0.1) is 5.92 Å². The number of piperazine rings is 1. The molecule has 5 nitrogen and oxygen atoms in total. The Hall–Kier alpha value is -1.75. The smallest absolute Gasteiger partial charge is 0.257 e. The van der Waals surface area contributed by atoms with E-state index in [0.717, 1.165) is 19.3 Å². The van der Waals surface area contributed by atoms with Gasteiger partial charge in [-0.15, -0.1) is 0 Å². The van der Waals surface area contributed by atoms with E-state index in [4.69, 9.17) is 16.3 Å². The normalized spacial score (nSPS) is 18.5. The highest BCUT2D eigenvalue weighted by Gasteiger charge is 2.32. The van der Waals surface area contributed by atoms with Crippen LogP contribution in [0.3, 0.4) is 0 Å². The van der Waals surface area contributed by atoms with Gasteiger partial charge in [-0.25, -0.2) is 0 Å². The van der Waals surface area contributed by atoms with E-state index < -0.39 is 0 Å². The Kier molecular flexibility index (Phi) is 4.76. The Bertz CT molecular complexity index is 608. The number of amides is 2. The average molecular weight is 337 g/mol. The van der Waals surface area contributed by atoms with Gasteiger partial charge >= 0.3 is 0 Å². The van der Waals surface area contributed by atoms with Crippen molar-refractivity contribution >= 4 is 23.4 Å². The summed E-state index contributed by atoms with van der Waals surface area (Å²) < 4.78 is 5.25. The summed E-state index contributed by atoms with van der Waals surface area (Å²) in [5.74, 6) is 0.880. The van der Waals surface area contributed by atoms with Crippen molar-refractivity contribution in [2.75, 3.05) is 33.3 Å². The molecule has 1 saturated carbocycles. The van der Waals surface area contributed by atoms with E-state index in [1.54, 1.807) is 23.1 Å². The topological polar surface area (TPSA) is 49.9 Å². The molecule has 2 amide bonds. The number of halogens is 1. The molecule has 23 heavy (non-hydrogen) atoms. The van der Waals surface area contributed by atoms with E-state index in [0.29, 0.717) is 42.5 Å². The number of rotatable bonds is 3. The number of hydrogen-bond donors (Lipinski definition) is 0. The average Bonchev–Trinajstić information content (AvgIpc) is 2.52. The maximum Gasteiger partial charge on any atom is 0.257 e. The van der Waals surface area contributed by atoms with Crippen molar-refractivity contribution in [1.29, 1.82) is 0 Å². The number of nitrogens with zero attached hydrogens (tertiary/aromatic N) is 2. The molecule has 1 saturated heterocycles. The number of carbonyl (C=O) groups is 2. The Balaban J connectivity index is 1.63. The van der Waals surface area contributed by atoms with Gasteiger partial charge in [-0.3, -0.25) is 9.59 Å². The fourth-order valence-electron chi connectivity index (χ4n) is 3.06. The molecule has 6 heteroatoms. The van der Waals surface area contributed by atoms with Gasteiger partial charge in [0, 0.05) is 37.1 Å². The lowest BCUT2D eigenvalue weighted by Crippen LogP contribution is -2.52. The zero-order valence-electron chi connectivity index (χ0n) is 13.3. The first-order valence-corrected chi connectivity index (χ1v) is 8.39. The molecule has 1 aromatic carbocycles. The SMILES string of the molecule is COc1cc(Cl)ccc1C(=O)N1CCN(C(=O)C2CCC2)CC1. The quantitative estimate of drug-likeness (QED) is 0.851. The van der Waals surface area contributed by atoms with Gasteiger partial charge in [0.1, 0.15) is 5.75 Å².